The molecule has 1 atom stereocenters. The summed E-state index contributed by atoms with van der Waals surface area (Å²) in [4.78, 5) is 2.40. The second-order valence-electron chi connectivity index (χ2n) is 6.58. The number of hydrogen-bond donors (Lipinski definition) is 1. The summed E-state index contributed by atoms with van der Waals surface area (Å²) in [5.74, 6) is 0.647. The van der Waals surface area contributed by atoms with E-state index >= 15 is 0 Å². The maximum Gasteiger partial charge on any atom is 0.109 e. The Bertz CT molecular complexity index is 335. The zero-order chi connectivity index (χ0) is 13.9. The molecular weight excluding hydrogens is 240 g/mol. The van der Waals surface area contributed by atoms with Crippen LogP contribution in [0.15, 0.2) is 0 Å². The third-order valence-corrected chi connectivity index (χ3v) is 4.65. The molecule has 2 heterocycles. The van der Waals surface area contributed by atoms with Crippen LogP contribution >= 0.6 is 0 Å². The molecule has 2 fully saturated rings. The highest BCUT2D eigenvalue weighted by molar-refractivity contribution is 5.14. The van der Waals surface area contributed by atoms with E-state index in [-0.39, 0.29) is 0 Å². The quantitative estimate of drug-likeness (QED) is 0.846. The minimum Gasteiger partial charge on any atom is -0.388 e. The molecule has 4 heteroatoms. The fourth-order valence-electron chi connectivity index (χ4n) is 3.45. The number of aliphatic hydroxyl groups is 1. The normalized spacial score (nSPS) is 32.2. The summed E-state index contributed by atoms with van der Waals surface area (Å²) in [6.07, 6.45) is 3.03. The van der Waals surface area contributed by atoms with Crippen molar-refractivity contribution in [1.82, 2.24) is 4.90 Å². The van der Waals surface area contributed by atoms with Crippen molar-refractivity contribution in [1.29, 1.82) is 5.26 Å². The van der Waals surface area contributed by atoms with Gasteiger partial charge in [-0.2, -0.15) is 5.26 Å². The van der Waals surface area contributed by atoms with Crippen LogP contribution in [0.25, 0.3) is 0 Å². The summed E-state index contributed by atoms with van der Waals surface area (Å²) >= 11 is 0. The van der Waals surface area contributed by atoms with E-state index in [0.717, 1.165) is 39.1 Å². The van der Waals surface area contributed by atoms with Crippen LogP contribution < -0.4 is 0 Å². The molecule has 0 aromatic rings. The fraction of sp³-hybridized carbons (Fsp3) is 0.933. The first kappa shape index (κ1) is 14.8. The summed E-state index contributed by atoms with van der Waals surface area (Å²) < 4.78 is 5.49. The molecule has 19 heavy (non-hydrogen) atoms. The van der Waals surface area contributed by atoms with Crippen LogP contribution in [0.1, 0.15) is 39.5 Å². The van der Waals surface area contributed by atoms with Gasteiger partial charge in [0.05, 0.1) is 18.3 Å². The molecule has 0 saturated carbocycles. The zero-order valence-electron chi connectivity index (χ0n) is 12.2. The van der Waals surface area contributed by atoms with Crippen molar-refractivity contribution < 1.29 is 9.84 Å². The van der Waals surface area contributed by atoms with E-state index < -0.39 is 11.0 Å². The van der Waals surface area contributed by atoms with Crippen molar-refractivity contribution in [2.75, 3.05) is 32.8 Å². The van der Waals surface area contributed by atoms with Gasteiger partial charge in [-0.3, -0.25) is 0 Å². The number of nitrogens with zero attached hydrogens (tertiary/aromatic N) is 2. The van der Waals surface area contributed by atoms with Crippen molar-refractivity contribution >= 4 is 0 Å². The van der Waals surface area contributed by atoms with Crippen LogP contribution in [0.2, 0.25) is 0 Å². The van der Waals surface area contributed by atoms with Gasteiger partial charge in [0.2, 0.25) is 0 Å². The van der Waals surface area contributed by atoms with Gasteiger partial charge in [-0.15, -0.1) is 0 Å². The fourth-order valence-corrected chi connectivity index (χ4v) is 3.45. The van der Waals surface area contributed by atoms with E-state index in [0.29, 0.717) is 25.4 Å². The maximum absolute atomic E-state index is 11.0. The third kappa shape index (κ3) is 2.94. The standard InChI is InChI=1S/C15H26N2O2/c1-13(2)10-17-7-5-15(18,6-8-17)14(11-16)4-3-9-19-12-14/h13,18H,3-10,12H2,1-2H3. The van der Waals surface area contributed by atoms with E-state index in [1.165, 1.54) is 0 Å². The molecule has 2 aliphatic rings. The first-order valence-corrected chi connectivity index (χ1v) is 7.45. The molecule has 2 rings (SSSR count). The Balaban J connectivity index is 2.02. The average Bonchev–Trinajstić information content (AvgIpc) is 2.42. The van der Waals surface area contributed by atoms with E-state index in [9.17, 15) is 10.4 Å². The van der Waals surface area contributed by atoms with Crippen LogP contribution in [0.3, 0.4) is 0 Å². The summed E-state index contributed by atoms with van der Waals surface area (Å²) in [5, 5.41) is 20.5. The molecular formula is C15H26N2O2. The first-order chi connectivity index (χ1) is 9.01. The van der Waals surface area contributed by atoms with E-state index in [2.05, 4.69) is 24.8 Å². The van der Waals surface area contributed by atoms with Crippen molar-refractivity contribution in [2.24, 2.45) is 11.3 Å². The SMILES string of the molecule is CC(C)CN1CCC(O)(C2(C#N)CCCOC2)CC1. The number of nitriles is 1. The minimum atomic E-state index is -0.865. The summed E-state index contributed by atoms with van der Waals surface area (Å²) in [5.41, 5.74) is -1.55. The van der Waals surface area contributed by atoms with Gasteiger partial charge in [0.25, 0.3) is 0 Å². The molecule has 0 aromatic carbocycles. The predicted octanol–water partition coefficient (Wildman–Crippen LogP) is 1.79. The molecule has 0 aliphatic carbocycles. The lowest BCUT2D eigenvalue weighted by atomic mass is 9.65. The Kier molecular flexibility index (Phi) is 4.50. The Hall–Kier alpha value is -0.630. The molecule has 1 unspecified atom stereocenters. The van der Waals surface area contributed by atoms with Crippen molar-refractivity contribution in [2.45, 2.75) is 45.1 Å². The van der Waals surface area contributed by atoms with Gasteiger partial charge in [-0.1, -0.05) is 13.8 Å². The molecule has 0 amide bonds. The molecule has 0 aromatic heterocycles. The molecule has 2 saturated heterocycles. The molecule has 0 bridgehead atoms. The molecule has 4 nitrogen and oxygen atoms in total. The first-order valence-electron chi connectivity index (χ1n) is 7.45. The highest BCUT2D eigenvalue weighted by Crippen LogP contribution is 2.44. The third-order valence-electron chi connectivity index (χ3n) is 4.65. The van der Waals surface area contributed by atoms with Gasteiger partial charge < -0.3 is 14.7 Å². The number of likely N-dealkylation sites (tertiary alicyclic amines) is 1. The van der Waals surface area contributed by atoms with Crippen LogP contribution in [-0.2, 0) is 4.74 Å². The van der Waals surface area contributed by atoms with E-state index in [1.807, 2.05) is 0 Å². The minimum absolute atomic E-state index is 0.393. The zero-order valence-corrected chi connectivity index (χ0v) is 12.2. The monoisotopic (exact) mass is 266 g/mol. The Morgan fingerprint density at radius 1 is 1.32 bits per heavy atom. The van der Waals surface area contributed by atoms with E-state index in [4.69, 9.17) is 4.74 Å². The number of hydrogen-bond acceptors (Lipinski definition) is 4. The van der Waals surface area contributed by atoms with Crippen LogP contribution in [0, 0.1) is 22.7 Å². The van der Waals surface area contributed by atoms with Gasteiger partial charge in [-0.05, 0) is 31.6 Å². The van der Waals surface area contributed by atoms with Crippen molar-refractivity contribution in [3.05, 3.63) is 0 Å². The number of rotatable bonds is 3. The van der Waals surface area contributed by atoms with E-state index in [1.54, 1.807) is 0 Å². The van der Waals surface area contributed by atoms with Crippen LogP contribution in [0.5, 0.6) is 0 Å². The second kappa shape index (κ2) is 5.78. The van der Waals surface area contributed by atoms with Gasteiger partial charge in [-0.25, -0.2) is 0 Å². The Morgan fingerprint density at radius 2 is 2.00 bits per heavy atom. The van der Waals surface area contributed by atoms with Crippen LogP contribution in [0.4, 0.5) is 0 Å². The lowest BCUT2D eigenvalue weighted by Gasteiger charge is -2.49. The molecule has 0 radical (unpaired) electrons. The maximum atomic E-state index is 11.0. The highest BCUT2D eigenvalue weighted by Gasteiger charge is 2.52. The summed E-state index contributed by atoms with van der Waals surface area (Å²) in [7, 11) is 0. The lowest BCUT2D eigenvalue weighted by Crippen LogP contribution is -2.57. The lowest BCUT2D eigenvalue weighted by molar-refractivity contribution is -0.144. The number of ether oxygens (including phenoxy) is 1. The predicted molar refractivity (Wildman–Crippen MR) is 73.6 cm³/mol. The largest absolute Gasteiger partial charge is 0.388 e. The van der Waals surface area contributed by atoms with Crippen molar-refractivity contribution in [3.63, 3.8) is 0 Å². The molecule has 2 aliphatic heterocycles. The van der Waals surface area contributed by atoms with Gasteiger partial charge >= 0.3 is 0 Å². The molecule has 0 spiro atoms. The number of piperidine rings is 1. The van der Waals surface area contributed by atoms with Crippen molar-refractivity contribution in [3.8, 4) is 6.07 Å². The van der Waals surface area contributed by atoms with Gasteiger partial charge in [0.15, 0.2) is 0 Å². The summed E-state index contributed by atoms with van der Waals surface area (Å²) in [6.45, 7) is 8.39. The molecule has 1 N–H and O–H groups in total. The summed E-state index contributed by atoms with van der Waals surface area (Å²) in [6, 6.07) is 2.39. The average molecular weight is 266 g/mol. The second-order valence-corrected chi connectivity index (χ2v) is 6.58. The molecule has 108 valence electrons. The van der Waals surface area contributed by atoms with Crippen LogP contribution in [-0.4, -0.2) is 48.5 Å². The highest BCUT2D eigenvalue weighted by atomic mass is 16.5. The topological polar surface area (TPSA) is 56.5 Å². The Morgan fingerprint density at radius 3 is 2.47 bits per heavy atom. The smallest absolute Gasteiger partial charge is 0.109 e. The Labute approximate surface area is 116 Å². The van der Waals surface area contributed by atoms with Gasteiger partial charge in [0.1, 0.15) is 5.41 Å². The van der Waals surface area contributed by atoms with Gasteiger partial charge in [0, 0.05) is 26.2 Å².